The third kappa shape index (κ3) is 4.44. The van der Waals surface area contributed by atoms with Crippen molar-refractivity contribution in [2.24, 2.45) is 0 Å². The fraction of sp³-hybridized carbons (Fsp3) is 0.316. The molecule has 0 N–H and O–H groups in total. The molecule has 0 spiro atoms. The SMILES string of the molecule is CCN(CC)S(=O)(=O)c1ccc(Cl)c(C(=O)O[C@@H](C)c2ccccc2)c1. The van der Waals surface area contributed by atoms with Crippen molar-refractivity contribution in [3.05, 3.63) is 64.7 Å². The molecule has 140 valence electrons. The van der Waals surface area contributed by atoms with Gasteiger partial charge in [0.2, 0.25) is 10.0 Å². The highest BCUT2D eigenvalue weighted by atomic mass is 35.5. The summed E-state index contributed by atoms with van der Waals surface area (Å²) >= 11 is 6.11. The molecule has 0 aromatic heterocycles. The molecule has 0 saturated heterocycles. The van der Waals surface area contributed by atoms with E-state index in [4.69, 9.17) is 16.3 Å². The van der Waals surface area contributed by atoms with Gasteiger partial charge in [0.25, 0.3) is 0 Å². The van der Waals surface area contributed by atoms with E-state index in [9.17, 15) is 13.2 Å². The lowest BCUT2D eigenvalue weighted by Crippen LogP contribution is -2.30. The van der Waals surface area contributed by atoms with Gasteiger partial charge in [0.05, 0.1) is 15.5 Å². The molecule has 0 aliphatic rings. The molecule has 0 aliphatic heterocycles. The maximum absolute atomic E-state index is 12.7. The molecule has 0 heterocycles. The summed E-state index contributed by atoms with van der Waals surface area (Å²) in [5.41, 5.74) is 0.867. The third-order valence-corrected chi connectivity index (χ3v) is 6.43. The lowest BCUT2D eigenvalue weighted by molar-refractivity contribution is 0.0338. The quantitative estimate of drug-likeness (QED) is 0.656. The molecule has 0 unspecified atom stereocenters. The highest BCUT2D eigenvalue weighted by Crippen LogP contribution is 2.26. The van der Waals surface area contributed by atoms with E-state index >= 15 is 0 Å². The van der Waals surface area contributed by atoms with Gasteiger partial charge < -0.3 is 4.74 Å². The first-order valence-corrected chi connectivity index (χ1v) is 10.2. The summed E-state index contributed by atoms with van der Waals surface area (Å²) in [5, 5.41) is 0.147. The van der Waals surface area contributed by atoms with Crippen LogP contribution in [0, 0.1) is 0 Å². The molecular formula is C19H22ClNO4S. The summed E-state index contributed by atoms with van der Waals surface area (Å²) in [7, 11) is -3.69. The summed E-state index contributed by atoms with van der Waals surface area (Å²) in [4.78, 5) is 12.5. The van der Waals surface area contributed by atoms with E-state index in [0.717, 1.165) is 5.56 Å². The molecule has 2 rings (SSSR count). The lowest BCUT2D eigenvalue weighted by Gasteiger charge is -2.19. The summed E-state index contributed by atoms with van der Waals surface area (Å²) in [5.74, 6) is -0.664. The summed E-state index contributed by atoms with van der Waals surface area (Å²) in [6, 6.07) is 13.3. The monoisotopic (exact) mass is 395 g/mol. The molecule has 0 radical (unpaired) electrons. The summed E-state index contributed by atoms with van der Waals surface area (Å²) < 4.78 is 32.1. The number of halogens is 1. The highest BCUT2D eigenvalue weighted by Gasteiger charge is 2.25. The molecule has 1 atom stereocenters. The Morgan fingerprint density at radius 1 is 1.12 bits per heavy atom. The van der Waals surface area contributed by atoms with Crippen molar-refractivity contribution in [2.75, 3.05) is 13.1 Å². The first-order valence-electron chi connectivity index (χ1n) is 8.36. The smallest absolute Gasteiger partial charge is 0.340 e. The summed E-state index contributed by atoms with van der Waals surface area (Å²) in [6.45, 7) is 5.94. The largest absolute Gasteiger partial charge is 0.454 e. The van der Waals surface area contributed by atoms with Gasteiger partial charge in [0.15, 0.2) is 0 Å². The number of sulfonamides is 1. The molecule has 2 aromatic carbocycles. The van der Waals surface area contributed by atoms with E-state index in [2.05, 4.69) is 0 Å². The van der Waals surface area contributed by atoms with Gasteiger partial charge in [-0.3, -0.25) is 0 Å². The molecule has 0 bridgehead atoms. The minimum Gasteiger partial charge on any atom is -0.454 e. The van der Waals surface area contributed by atoms with Gasteiger partial charge in [-0.15, -0.1) is 0 Å². The Morgan fingerprint density at radius 2 is 1.73 bits per heavy atom. The van der Waals surface area contributed by atoms with Crippen molar-refractivity contribution in [3.63, 3.8) is 0 Å². The lowest BCUT2D eigenvalue weighted by atomic mass is 10.1. The molecule has 26 heavy (non-hydrogen) atoms. The van der Waals surface area contributed by atoms with Crippen molar-refractivity contribution >= 4 is 27.6 Å². The van der Waals surface area contributed by atoms with E-state index in [-0.39, 0.29) is 15.5 Å². The molecular weight excluding hydrogens is 374 g/mol. The van der Waals surface area contributed by atoms with Crippen LogP contribution in [-0.2, 0) is 14.8 Å². The number of benzene rings is 2. The second-order valence-corrected chi connectivity index (χ2v) is 8.03. The second kappa shape index (κ2) is 8.66. The number of nitrogens with zero attached hydrogens (tertiary/aromatic N) is 1. The number of hydrogen-bond donors (Lipinski definition) is 0. The van der Waals surface area contributed by atoms with E-state index < -0.39 is 22.1 Å². The first-order chi connectivity index (χ1) is 12.3. The Morgan fingerprint density at radius 3 is 2.31 bits per heavy atom. The highest BCUT2D eigenvalue weighted by molar-refractivity contribution is 7.89. The van der Waals surface area contributed by atoms with Gasteiger partial charge in [-0.25, -0.2) is 13.2 Å². The van der Waals surface area contributed by atoms with Crippen LogP contribution < -0.4 is 0 Å². The van der Waals surface area contributed by atoms with Crippen LogP contribution >= 0.6 is 11.6 Å². The second-order valence-electron chi connectivity index (χ2n) is 5.69. The molecule has 7 heteroatoms. The first kappa shape index (κ1) is 20.4. The zero-order valence-corrected chi connectivity index (χ0v) is 16.5. The zero-order valence-electron chi connectivity index (χ0n) is 15.0. The topological polar surface area (TPSA) is 63.7 Å². The van der Waals surface area contributed by atoms with Crippen LogP contribution in [0.3, 0.4) is 0 Å². The fourth-order valence-corrected chi connectivity index (χ4v) is 4.23. The van der Waals surface area contributed by atoms with E-state index in [1.54, 1.807) is 20.8 Å². The maximum atomic E-state index is 12.7. The predicted octanol–water partition coefficient (Wildman–Crippen LogP) is 4.29. The normalized spacial score (nSPS) is 12.8. The Hall–Kier alpha value is -1.89. The standard InChI is InChI=1S/C19H22ClNO4S/c1-4-21(5-2)26(23,24)16-11-12-18(20)17(13-16)19(22)25-14(3)15-9-7-6-8-10-15/h6-14H,4-5H2,1-3H3/t14-/m0/s1. The van der Waals surface area contributed by atoms with Crippen molar-refractivity contribution in [1.29, 1.82) is 0 Å². The van der Waals surface area contributed by atoms with Crippen molar-refractivity contribution in [2.45, 2.75) is 31.8 Å². The van der Waals surface area contributed by atoms with E-state index in [1.165, 1.54) is 22.5 Å². The van der Waals surface area contributed by atoms with Gasteiger partial charge >= 0.3 is 5.97 Å². The minimum absolute atomic E-state index is 0.0184. The van der Waals surface area contributed by atoms with Crippen molar-refractivity contribution in [1.82, 2.24) is 4.31 Å². The van der Waals surface area contributed by atoms with Crippen LogP contribution in [0.4, 0.5) is 0 Å². The fourth-order valence-electron chi connectivity index (χ4n) is 2.55. The number of rotatable bonds is 7. The van der Waals surface area contributed by atoms with Crippen LogP contribution in [0.1, 0.15) is 42.8 Å². The van der Waals surface area contributed by atoms with Gasteiger partial charge in [0.1, 0.15) is 6.10 Å². The van der Waals surface area contributed by atoms with Crippen molar-refractivity contribution < 1.29 is 17.9 Å². The molecule has 0 aliphatic carbocycles. The number of carbonyl (C=O) groups is 1. The average molecular weight is 396 g/mol. The van der Waals surface area contributed by atoms with Crippen LogP contribution in [0.25, 0.3) is 0 Å². The predicted molar refractivity (Wildman–Crippen MR) is 102 cm³/mol. The van der Waals surface area contributed by atoms with Gasteiger partial charge in [-0.2, -0.15) is 4.31 Å². The zero-order chi connectivity index (χ0) is 19.3. The molecule has 2 aromatic rings. The maximum Gasteiger partial charge on any atom is 0.340 e. The van der Waals surface area contributed by atoms with Gasteiger partial charge in [-0.1, -0.05) is 55.8 Å². The Kier molecular flexibility index (Phi) is 6.81. The number of esters is 1. The molecule has 0 amide bonds. The number of ether oxygens (including phenoxy) is 1. The van der Waals surface area contributed by atoms with Crippen LogP contribution in [0.5, 0.6) is 0 Å². The van der Waals surface area contributed by atoms with Crippen LogP contribution in [0.15, 0.2) is 53.4 Å². The Bertz CT molecular complexity index is 864. The average Bonchev–Trinajstić information content (AvgIpc) is 2.63. The van der Waals surface area contributed by atoms with Gasteiger partial charge in [0, 0.05) is 13.1 Å². The number of hydrogen-bond acceptors (Lipinski definition) is 4. The minimum atomic E-state index is -3.69. The van der Waals surface area contributed by atoms with E-state index in [0.29, 0.717) is 13.1 Å². The summed E-state index contributed by atoms with van der Waals surface area (Å²) in [6.07, 6.45) is -0.484. The number of carbonyl (C=O) groups excluding carboxylic acids is 1. The molecule has 0 fully saturated rings. The van der Waals surface area contributed by atoms with Gasteiger partial charge in [-0.05, 0) is 30.7 Å². The van der Waals surface area contributed by atoms with Crippen molar-refractivity contribution in [3.8, 4) is 0 Å². The van der Waals surface area contributed by atoms with Crippen LogP contribution in [-0.4, -0.2) is 31.8 Å². The molecule has 5 nitrogen and oxygen atoms in total. The van der Waals surface area contributed by atoms with Crippen LogP contribution in [0.2, 0.25) is 5.02 Å². The molecule has 0 saturated carbocycles. The third-order valence-electron chi connectivity index (χ3n) is 4.05. The van der Waals surface area contributed by atoms with E-state index in [1.807, 2.05) is 30.3 Å². The Labute approximate surface area is 159 Å². The Balaban J connectivity index is 2.31.